The fourth-order valence-electron chi connectivity index (χ4n) is 2.02. The molecule has 7 nitrogen and oxygen atoms in total. The molecule has 2 aromatic carbocycles. The third-order valence-corrected chi connectivity index (χ3v) is 3.68. The fourth-order valence-corrected chi connectivity index (χ4v) is 2.40. The van der Waals surface area contributed by atoms with E-state index in [1.165, 1.54) is 7.11 Å². The lowest BCUT2D eigenvalue weighted by Crippen LogP contribution is -2.11. The van der Waals surface area contributed by atoms with E-state index in [9.17, 15) is 4.79 Å². The lowest BCUT2D eigenvalue weighted by molar-refractivity contribution is 0.186. The van der Waals surface area contributed by atoms with Gasteiger partial charge in [0, 0.05) is 11.0 Å². The molecule has 1 amide bonds. The SMILES string of the molecule is COC(=O)Nc1nc2ccc(Oc3ccc(SC#N)cc3)cc2[nH]1. The Morgan fingerprint density at radius 1 is 1.25 bits per heavy atom. The molecule has 2 N–H and O–H groups in total. The minimum atomic E-state index is -0.596. The van der Waals surface area contributed by atoms with Crippen molar-refractivity contribution in [1.82, 2.24) is 9.97 Å². The number of carbonyl (C=O) groups is 1. The van der Waals surface area contributed by atoms with Gasteiger partial charge in [-0.2, -0.15) is 5.26 Å². The second-order valence-electron chi connectivity index (χ2n) is 4.65. The van der Waals surface area contributed by atoms with Crippen LogP contribution >= 0.6 is 11.8 Å². The van der Waals surface area contributed by atoms with E-state index in [1.54, 1.807) is 30.3 Å². The highest BCUT2D eigenvalue weighted by molar-refractivity contribution is 8.03. The first-order chi connectivity index (χ1) is 11.7. The number of aromatic nitrogens is 2. The van der Waals surface area contributed by atoms with E-state index in [-0.39, 0.29) is 0 Å². The molecule has 0 aliphatic carbocycles. The number of fused-ring (bicyclic) bond motifs is 1. The van der Waals surface area contributed by atoms with Gasteiger partial charge >= 0.3 is 6.09 Å². The first kappa shape index (κ1) is 15.7. The number of ether oxygens (including phenoxy) is 2. The Morgan fingerprint density at radius 2 is 2.00 bits per heavy atom. The summed E-state index contributed by atoms with van der Waals surface area (Å²) in [5.41, 5.74) is 1.41. The van der Waals surface area contributed by atoms with Crippen LogP contribution < -0.4 is 10.1 Å². The van der Waals surface area contributed by atoms with Crippen molar-refractivity contribution in [2.45, 2.75) is 4.90 Å². The maximum Gasteiger partial charge on any atom is 0.413 e. The Kier molecular flexibility index (Phi) is 4.54. The molecular formula is C16H12N4O3S. The predicted molar refractivity (Wildman–Crippen MR) is 90.1 cm³/mol. The highest BCUT2D eigenvalue weighted by Gasteiger charge is 2.08. The van der Waals surface area contributed by atoms with Gasteiger partial charge in [-0.15, -0.1) is 0 Å². The monoisotopic (exact) mass is 340 g/mol. The zero-order valence-corrected chi connectivity index (χ0v) is 13.4. The molecule has 0 aliphatic rings. The normalized spacial score (nSPS) is 10.2. The van der Waals surface area contributed by atoms with Gasteiger partial charge in [0.05, 0.1) is 18.1 Å². The lowest BCUT2D eigenvalue weighted by atomic mass is 10.3. The van der Waals surface area contributed by atoms with Gasteiger partial charge in [-0.1, -0.05) is 0 Å². The number of thiocyanates is 1. The van der Waals surface area contributed by atoms with Crippen molar-refractivity contribution in [3.63, 3.8) is 0 Å². The van der Waals surface area contributed by atoms with Crippen LogP contribution in [0.25, 0.3) is 11.0 Å². The molecule has 0 aliphatic heterocycles. The van der Waals surface area contributed by atoms with Gasteiger partial charge in [0.25, 0.3) is 0 Å². The highest BCUT2D eigenvalue weighted by atomic mass is 32.2. The quantitative estimate of drug-likeness (QED) is 0.548. The highest BCUT2D eigenvalue weighted by Crippen LogP contribution is 2.27. The predicted octanol–water partition coefficient (Wildman–Crippen LogP) is 4.11. The number of hydrogen-bond acceptors (Lipinski definition) is 6. The van der Waals surface area contributed by atoms with Gasteiger partial charge in [0.1, 0.15) is 16.9 Å². The number of nitrogens with one attached hydrogen (secondary N) is 2. The van der Waals surface area contributed by atoms with Gasteiger partial charge in [0.15, 0.2) is 0 Å². The number of H-pyrrole nitrogens is 1. The van der Waals surface area contributed by atoms with Crippen molar-refractivity contribution in [2.75, 3.05) is 12.4 Å². The summed E-state index contributed by atoms with van der Waals surface area (Å²) in [5.74, 6) is 1.58. The smallest absolute Gasteiger partial charge is 0.413 e. The number of hydrogen-bond donors (Lipinski definition) is 2. The lowest BCUT2D eigenvalue weighted by Gasteiger charge is -2.05. The number of nitriles is 1. The fraction of sp³-hybridized carbons (Fsp3) is 0.0625. The van der Waals surface area contributed by atoms with Crippen molar-refractivity contribution < 1.29 is 14.3 Å². The van der Waals surface area contributed by atoms with Crippen LogP contribution in [0.2, 0.25) is 0 Å². The van der Waals surface area contributed by atoms with Crippen LogP contribution in [0.3, 0.4) is 0 Å². The number of amides is 1. The van der Waals surface area contributed by atoms with Gasteiger partial charge in [0.2, 0.25) is 5.95 Å². The number of benzene rings is 2. The van der Waals surface area contributed by atoms with E-state index < -0.39 is 6.09 Å². The molecule has 3 aromatic rings. The summed E-state index contributed by atoms with van der Waals surface area (Å²) < 4.78 is 10.3. The molecule has 0 radical (unpaired) electrons. The number of carbonyl (C=O) groups excluding carboxylic acids is 1. The molecule has 0 bridgehead atoms. The van der Waals surface area contributed by atoms with Crippen LogP contribution in [0, 0.1) is 10.7 Å². The second-order valence-corrected chi connectivity index (χ2v) is 5.51. The molecule has 0 unspecified atom stereocenters. The number of methoxy groups -OCH3 is 1. The average molecular weight is 340 g/mol. The zero-order valence-electron chi connectivity index (χ0n) is 12.6. The molecule has 3 rings (SSSR count). The first-order valence-corrected chi connectivity index (χ1v) is 7.68. The van der Waals surface area contributed by atoms with Crippen molar-refractivity contribution in [3.05, 3.63) is 42.5 Å². The summed E-state index contributed by atoms with van der Waals surface area (Å²) in [5, 5.41) is 13.1. The number of thioether (sulfide) groups is 1. The van der Waals surface area contributed by atoms with E-state index in [0.29, 0.717) is 23.0 Å². The molecule has 0 atom stereocenters. The molecule has 8 heteroatoms. The Balaban J connectivity index is 1.77. The minimum absolute atomic E-state index is 0.298. The Labute approximate surface area is 141 Å². The van der Waals surface area contributed by atoms with Crippen molar-refractivity contribution >= 4 is 34.8 Å². The average Bonchev–Trinajstić information content (AvgIpc) is 2.98. The van der Waals surface area contributed by atoms with Crippen LogP contribution in [0.1, 0.15) is 0 Å². The number of anilines is 1. The van der Waals surface area contributed by atoms with E-state index >= 15 is 0 Å². The molecule has 0 fully saturated rings. The third-order valence-electron chi connectivity index (χ3n) is 3.08. The van der Waals surface area contributed by atoms with Crippen molar-refractivity contribution in [3.8, 4) is 16.9 Å². The molecule has 0 saturated heterocycles. The van der Waals surface area contributed by atoms with Crippen LogP contribution in [0.15, 0.2) is 47.4 Å². The topological polar surface area (TPSA) is 100 Å². The molecule has 0 saturated carbocycles. The largest absolute Gasteiger partial charge is 0.457 e. The molecule has 0 spiro atoms. The summed E-state index contributed by atoms with van der Waals surface area (Å²) in [4.78, 5) is 19.2. The Hall–Kier alpha value is -3.18. The van der Waals surface area contributed by atoms with Gasteiger partial charge < -0.3 is 14.5 Å². The standard InChI is InChI=1S/C16H12N4O3S/c1-22-16(21)20-15-18-13-7-4-11(8-14(13)19-15)23-10-2-5-12(6-3-10)24-9-17/h2-8H,1H3,(H2,18,19,20,21). The first-order valence-electron chi connectivity index (χ1n) is 6.86. The summed E-state index contributed by atoms with van der Waals surface area (Å²) in [6, 6.07) is 12.6. The van der Waals surface area contributed by atoms with Crippen LogP contribution in [0.5, 0.6) is 11.5 Å². The van der Waals surface area contributed by atoms with Crippen molar-refractivity contribution in [2.24, 2.45) is 0 Å². The van der Waals surface area contributed by atoms with Gasteiger partial charge in [-0.25, -0.2) is 9.78 Å². The maximum absolute atomic E-state index is 11.2. The maximum atomic E-state index is 11.2. The van der Waals surface area contributed by atoms with E-state index in [4.69, 9.17) is 10.00 Å². The number of aromatic amines is 1. The molecule has 1 heterocycles. The summed E-state index contributed by atoms with van der Waals surface area (Å²) in [6.07, 6.45) is -0.596. The molecule has 24 heavy (non-hydrogen) atoms. The summed E-state index contributed by atoms with van der Waals surface area (Å²) >= 11 is 1.09. The second kappa shape index (κ2) is 6.93. The van der Waals surface area contributed by atoms with Crippen molar-refractivity contribution in [1.29, 1.82) is 5.26 Å². The third kappa shape index (κ3) is 3.59. The van der Waals surface area contributed by atoms with Gasteiger partial charge in [-0.05, 0) is 48.2 Å². The number of rotatable bonds is 4. The summed E-state index contributed by atoms with van der Waals surface area (Å²) in [6.45, 7) is 0. The Bertz CT molecular complexity index is 915. The van der Waals surface area contributed by atoms with Crippen LogP contribution in [-0.2, 0) is 4.74 Å². The van der Waals surface area contributed by atoms with E-state index in [1.807, 2.05) is 17.5 Å². The Morgan fingerprint density at radius 3 is 2.71 bits per heavy atom. The molecule has 1 aromatic heterocycles. The van der Waals surface area contributed by atoms with E-state index in [0.717, 1.165) is 22.2 Å². The number of nitrogens with zero attached hydrogens (tertiary/aromatic N) is 2. The number of imidazole rings is 1. The minimum Gasteiger partial charge on any atom is -0.457 e. The van der Waals surface area contributed by atoms with Crippen LogP contribution in [-0.4, -0.2) is 23.2 Å². The van der Waals surface area contributed by atoms with Crippen LogP contribution in [0.4, 0.5) is 10.7 Å². The van der Waals surface area contributed by atoms with E-state index in [2.05, 4.69) is 20.0 Å². The van der Waals surface area contributed by atoms with Gasteiger partial charge in [-0.3, -0.25) is 5.32 Å². The molecular weight excluding hydrogens is 328 g/mol. The zero-order chi connectivity index (χ0) is 16.9. The molecule has 120 valence electrons. The summed E-state index contributed by atoms with van der Waals surface area (Å²) in [7, 11) is 1.28.